The quantitative estimate of drug-likeness (QED) is 0.737. The minimum absolute atomic E-state index is 0.0838. The van der Waals surface area contributed by atoms with Gasteiger partial charge in [-0.2, -0.15) is 0 Å². The maximum absolute atomic E-state index is 10.9. The van der Waals surface area contributed by atoms with Crippen LogP contribution in [0.15, 0.2) is 41.5 Å². The second-order valence-corrected chi connectivity index (χ2v) is 3.13. The molecule has 0 fully saturated rings. The van der Waals surface area contributed by atoms with Gasteiger partial charge in [-0.3, -0.25) is 9.78 Å². The molecule has 0 aliphatic rings. The van der Waals surface area contributed by atoms with E-state index in [-0.39, 0.29) is 5.56 Å². The zero-order valence-corrected chi connectivity index (χ0v) is 7.82. The van der Waals surface area contributed by atoms with Gasteiger partial charge < -0.3 is 4.98 Å². The highest BCUT2D eigenvalue weighted by atomic mass is 16.1. The van der Waals surface area contributed by atoms with Crippen LogP contribution >= 0.6 is 0 Å². The number of nitrogens with one attached hydrogen (secondary N) is 1. The third-order valence-electron chi connectivity index (χ3n) is 2.01. The normalized spacial score (nSPS) is 10.1. The lowest BCUT2D eigenvalue weighted by molar-refractivity contribution is 1.19. The Bertz CT molecular complexity index is 482. The summed E-state index contributed by atoms with van der Waals surface area (Å²) in [5.41, 5.74) is 2.94. The summed E-state index contributed by atoms with van der Waals surface area (Å²) in [6, 6.07) is 7.22. The number of rotatable bonds is 1. The Labute approximate surface area is 81.5 Å². The fraction of sp³-hybridized carbons (Fsp3) is 0.0909. The van der Waals surface area contributed by atoms with Crippen molar-refractivity contribution in [2.24, 2.45) is 0 Å². The van der Waals surface area contributed by atoms with E-state index in [9.17, 15) is 4.79 Å². The van der Waals surface area contributed by atoms with Gasteiger partial charge in [-0.15, -0.1) is 0 Å². The van der Waals surface area contributed by atoms with Crippen molar-refractivity contribution in [2.75, 3.05) is 0 Å². The topological polar surface area (TPSA) is 45.8 Å². The van der Waals surface area contributed by atoms with Gasteiger partial charge in [0.2, 0.25) is 5.56 Å². The Hall–Kier alpha value is -1.90. The zero-order valence-electron chi connectivity index (χ0n) is 7.82. The molecule has 2 aromatic heterocycles. The van der Waals surface area contributed by atoms with Crippen molar-refractivity contribution < 1.29 is 0 Å². The first-order valence-corrected chi connectivity index (χ1v) is 4.37. The van der Waals surface area contributed by atoms with E-state index in [1.54, 1.807) is 18.5 Å². The molecule has 0 saturated heterocycles. The number of aryl methyl sites for hydroxylation is 1. The lowest BCUT2D eigenvalue weighted by atomic mass is 10.1. The molecule has 0 amide bonds. The summed E-state index contributed by atoms with van der Waals surface area (Å²) in [5, 5.41) is 0. The third kappa shape index (κ3) is 1.71. The summed E-state index contributed by atoms with van der Waals surface area (Å²) in [5.74, 6) is 0. The monoisotopic (exact) mass is 186 g/mol. The summed E-state index contributed by atoms with van der Waals surface area (Å²) in [4.78, 5) is 17.6. The highest BCUT2D eigenvalue weighted by Crippen LogP contribution is 2.16. The Morgan fingerprint density at radius 1 is 1.21 bits per heavy atom. The fourth-order valence-corrected chi connectivity index (χ4v) is 1.32. The maximum Gasteiger partial charge on any atom is 0.247 e. The van der Waals surface area contributed by atoms with E-state index in [1.165, 1.54) is 6.07 Å². The maximum atomic E-state index is 10.9. The van der Waals surface area contributed by atoms with E-state index >= 15 is 0 Å². The van der Waals surface area contributed by atoms with Crippen LogP contribution in [0.25, 0.3) is 11.1 Å². The number of aromatic nitrogens is 2. The Balaban J connectivity index is 2.49. The summed E-state index contributed by atoms with van der Waals surface area (Å²) < 4.78 is 0. The lowest BCUT2D eigenvalue weighted by Crippen LogP contribution is -2.01. The van der Waals surface area contributed by atoms with Crippen molar-refractivity contribution in [3.8, 4) is 11.1 Å². The van der Waals surface area contributed by atoms with Crippen molar-refractivity contribution in [3.63, 3.8) is 0 Å². The molecule has 2 rings (SSSR count). The van der Waals surface area contributed by atoms with Crippen LogP contribution in [0.1, 0.15) is 5.69 Å². The number of hydrogen-bond donors (Lipinski definition) is 1. The smallest absolute Gasteiger partial charge is 0.247 e. The molecule has 0 radical (unpaired) electrons. The third-order valence-corrected chi connectivity index (χ3v) is 2.01. The first kappa shape index (κ1) is 8.69. The van der Waals surface area contributed by atoms with Crippen LogP contribution in [0, 0.1) is 6.92 Å². The Morgan fingerprint density at radius 2 is 2.07 bits per heavy atom. The fourth-order valence-electron chi connectivity index (χ4n) is 1.32. The van der Waals surface area contributed by atoms with Gasteiger partial charge in [-0.1, -0.05) is 0 Å². The molecule has 0 aliphatic carbocycles. The van der Waals surface area contributed by atoms with Crippen LogP contribution in [0.4, 0.5) is 0 Å². The molecule has 0 atom stereocenters. The second-order valence-electron chi connectivity index (χ2n) is 3.13. The van der Waals surface area contributed by atoms with Crippen LogP contribution in [-0.4, -0.2) is 9.97 Å². The average Bonchev–Trinajstić information content (AvgIpc) is 2.19. The minimum Gasteiger partial charge on any atom is -0.328 e. The lowest BCUT2D eigenvalue weighted by Gasteiger charge is -2.00. The van der Waals surface area contributed by atoms with Gasteiger partial charge >= 0.3 is 0 Å². The molecule has 0 unspecified atom stereocenters. The molecule has 0 aromatic carbocycles. The molecular formula is C11H10N2O. The molecule has 0 spiro atoms. The highest BCUT2D eigenvalue weighted by molar-refractivity contribution is 5.61. The van der Waals surface area contributed by atoms with Crippen molar-refractivity contribution in [3.05, 3.63) is 52.7 Å². The molecule has 0 bridgehead atoms. The number of aromatic amines is 1. The number of pyridine rings is 2. The predicted octanol–water partition coefficient (Wildman–Crippen LogP) is 1.75. The van der Waals surface area contributed by atoms with Crippen LogP contribution in [0.5, 0.6) is 0 Å². The molecular weight excluding hydrogens is 176 g/mol. The van der Waals surface area contributed by atoms with E-state index in [4.69, 9.17) is 0 Å². The van der Waals surface area contributed by atoms with Crippen LogP contribution < -0.4 is 5.56 Å². The van der Waals surface area contributed by atoms with E-state index in [1.807, 2.05) is 19.1 Å². The predicted molar refractivity (Wildman–Crippen MR) is 55.0 cm³/mol. The number of nitrogens with zero attached hydrogens (tertiary/aromatic N) is 1. The van der Waals surface area contributed by atoms with Gasteiger partial charge in [0.1, 0.15) is 0 Å². The van der Waals surface area contributed by atoms with Crippen LogP contribution in [-0.2, 0) is 0 Å². The summed E-state index contributed by atoms with van der Waals surface area (Å²) in [7, 11) is 0. The molecule has 2 heterocycles. The molecule has 3 heteroatoms. The summed E-state index contributed by atoms with van der Waals surface area (Å²) >= 11 is 0. The first-order chi connectivity index (χ1) is 6.75. The molecule has 70 valence electrons. The standard InChI is InChI=1S/C11H10N2O/c1-8-6-9(4-5-12-8)10-2-3-11(14)13-7-10/h2-7H,1H3,(H,13,14). The molecule has 1 N–H and O–H groups in total. The average molecular weight is 186 g/mol. The van der Waals surface area contributed by atoms with E-state index in [0.29, 0.717) is 0 Å². The zero-order chi connectivity index (χ0) is 9.97. The number of hydrogen-bond acceptors (Lipinski definition) is 2. The minimum atomic E-state index is -0.0838. The highest BCUT2D eigenvalue weighted by Gasteiger charge is 1.97. The van der Waals surface area contributed by atoms with Gasteiger partial charge in [0.15, 0.2) is 0 Å². The van der Waals surface area contributed by atoms with Gasteiger partial charge in [0, 0.05) is 24.2 Å². The van der Waals surface area contributed by atoms with Gasteiger partial charge in [-0.05, 0) is 36.2 Å². The molecule has 2 aromatic rings. The number of H-pyrrole nitrogens is 1. The second kappa shape index (κ2) is 3.46. The molecule has 3 nitrogen and oxygen atoms in total. The SMILES string of the molecule is Cc1cc(-c2ccc(=O)[nH]c2)ccn1. The molecule has 0 aliphatic heterocycles. The largest absolute Gasteiger partial charge is 0.328 e. The van der Waals surface area contributed by atoms with E-state index in [0.717, 1.165) is 16.8 Å². The Kier molecular flexibility index (Phi) is 2.14. The molecule has 14 heavy (non-hydrogen) atoms. The van der Waals surface area contributed by atoms with Crippen molar-refractivity contribution >= 4 is 0 Å². The van der Waals surface area contributed by atoms with Gasteiger partial charge in [0.05, 0.1) is 0 Å². The molecule has 0 saturated carbocycles. The summed E-state index contributed by atoms with van der Waals surface area (Å²) in [6.45, 7) is 1.94. The van der Waals surface area contributed by atoms with E-state index < -0.39 is 0 Å². The van der Waals surface area contributed by atoms with Crippen molar-refractivity contribution in [2.45, 2.75) is 6.92 Å². The van der Waals surface area contributed by atoms with Crippen molar-refractivity contribution in [1.82, 2.24) is 9.97 Å². The summed E-state index contributed by atoms with van der Waals surface area (Å²) in [6.07, 6.45) is 3.47. The Morgan fingerprint density at radius 3 is 2.71 bits per heavy atom. The first-order valence-electron chi connectivity index (χ1n) is 4.37. The van der Waals surface area contributed by atoms with Crippen molar-refractivity contribution in [1.29, 1.82) is 0 Å². The van der Waals surface area contributed by atoms with Gasteiger partial charge in [-0.25, -0.2) is 0 Å². The van der Waals surface area contributed by atoms with Crippen LogP contribution in [0.3, 0.4) is 0 Å². The van der Waals surface area contributed by atoms with E-state index in [2.05, 4.69) is 9.97 Å². The van der Waals surface area contributed by atoms with Crippen LogP contribution in [0.2, 0.25) is 0 Å². The van der Waals surface area contributed by atoms with Gasteiger partial charge in [0.25, 0.3) is 0 Å².